The van der Waals surface area contributed by atoms with E-state index in [1.54, 1.807) is 0 Å². The van der Waals surface area contributed by atoms with E-state index in [1.807, 2.05) is 0 Å². The first-order chi connectivity index (χ1) is 13.6. The lowest BCUT2D eigenvalue weighted by Gasteiger charge is -2.37. The highest BCUT2D eigenvalue weighted by molar-refractivity contribution is 5.67. The summed E-state index contributed by atoms with van der Waals surface area (Å²) in [6, 6.07) is 0. The number of esters is 4. The first-order valence-electron chi connectivity index (χ1n) is 8.76. The zero-order chi connectivity index (χ0) is 22.6. The third-order valence-electron chi connectivity index (χ3n) is 3.76. The van der Waals surface area contributed by atoms with Gasteiger partial charge in [0.1, 0.15) is 31.5 Å². The molecule has 0 aliphatic rings. The standard InChI is InChI=1S/C18H30O11/c1-10(19)26-8-14(23-5)16(28-12(3)21)18(25-7)17(29-13(4)22)15(24-6)9-27-11(2)20/h14-18H,8-9H2,1-7H3/t14-,15+,16-,17-,18?/m1/s1. The highest BCUT2D eigenvalue weighted by atomic mass is 16.6. The molecule has 0 rings (SSSR count). The van der Waals surface area contributed by atoms with Crippen LogP contribution in [0, 0.1) is 0 Å². The van der Waals surface area contributed by atoms with Gasteiger partial charge in [0.05, 0.1) is 0 Å². The van der Waals surface area contributed by atoms with Crippen molar-refractivity contribution < 1.29 is 52.3 Å². The average Bonchev–Trinajstić information content (AvgIpc) is 2.61. The van der Waals surface area contributed by atoms with E-state index in [1.165, 1.54) is 49.0 Å². The lowest BCUT2D eigenvalue weighted by Crippen LogP contribution is -2.56. The number of carbonyl (C=O) groups excluding carboxylic acids is 4. The highest BCUT2D eigenvalue weighted by Gasteiger charge is 2.44. The molecular formula is C18H30O11. The quantitative estimate of drug-likeness (QED) is 0.294. The van der Waals surface area contributed by atoms with Gasteiger partial charge >= 0.3 is 23.9 Å². The number of hydrogen-bond donors (Lipinski definition) is 0. The third kappa shape index (κ3) is 10.2. The molecule has 0 bridgehead atoms. The summed E-state index contributed by atoms with van der Waals surface area (Å²) in [4.78, 5) is 45.7. The molecule has 0 N–H and O–H groups in total. The van der Waals surface area contributed by atoms with Crippen LogP contribution in [0.25, 0.3) is 0 Å². The minimum Gasteiger partial charge on any atom is -0.463 e. The molecule has 5 atom stereocenters. The van der Waals surface area contributed by atoms with Gasteiger partial charge in [0.2, 0.25) is 0 Å². The molecule has 11 heteroatoms. The molecule has 0 amide bonds. The fourth-order valence-corrected chi connectivity index (χ4v) is 2.54. The van der Waals surface area contributed by atoms with Gasteiger partial charge < -0.3 is 33.2 Å². The van der Waals surface area contributed by atoms with Gasteiger partial charge in [-0.05, 0) is 0 Å². The summed E-state index contributed by atoms with van der Waals surface area (Å²) in [5, 5.41) is 0. The van der Waals surface area contributed by atoms with Crippen LogP contribution < -0.4 is 0 Å². The normalized spacial score (nSPS) is 16.0. The molecule has 29 heavy (non-hydrogen) atoms. The van der Waals surface area contributed by atoms with Crippen molar-refractivity contribution in [1.29, 1.82) is 0 Å². The van der Waals surface area contributed by atoms with Crippen LogP contribution >= 0.6 is 0 Å². The molecule has 0 heterocycles. The van der Waals surface area contributed by atoms with Crippen molar-refractivity contribution in [2.45, 2.75) is 58.2 Å². The van der Waals surface area contributed by atoms with Gasteiger partial charge in [0.15, 0.2) is 12.2 Å². The fourth-order valence-electron chi connectivity index (χ4n) is 2.54. The second kappa shape index (κ2) is 13.9. The Morgan fingerprint density at radius 3 is 1.10 bits per heavy atom. The zero-order valence-electron chi connectivity index (χ0n) is 17.8. The van der Waals surface area contributed by atoms with Gasteiger partial charge in [0, 0.05) is 49.0 Å². The Hall–Kier alpha value is -2.24. The number of hydrogen-bond acceptors (Lipinski definition) is 11. The Morgan fingerprint density at radius 2 is 0.897 bits per heavy atom. The largest absolute Gasteiger partial charge is 0.463 e. The van der Waals surface area contributed by atoms with E-state index in [0.717, 1.165) is 0 Å². The van der Waals surface area contributed by atoms with Crippen molar-refractivity contribution in [2.24, 2.45) is 0 Å². The first-order valence-corrected chi connectivity index (χ1v) is 8.76. The fraction of sp³-hybridized carbons (Fsp3) is 0.778. The predicted molar refractivity (Wildman–Crippen MR) is 96.8 cm³/mol. The summed E-state index contributed by atoms with van der Waals surface area (Å²) in [6.45, 7) is 4.26. The maximum atomic E-state index is 11.7. The van der Waals surface area contributed by atoms with Gasteiger partial charge in [-0.3, -0.25) is 19.2 Å². The Morgan fingerprint density at radius 1 is 0.552 bits per heavy atom. The van der Waals surface area contributed by atoms with Gasteiger partial charge in [-0.1, -0.05) is 0 Å². The average molecular weight is 422 g/mol. The van der Waals surface area contributed by atoms with Crippen molar-refractivity contribution in [1.82, 2.24) is 0 Å². The van der Waals surface area contributed by atoms with Crippen molar-refractivity contribution in [2.75, 3.05) is 34.5 Å². The molecule has 0 saturated carbocycles. The number of carbonyl (C=O) groups is 4. The maximum Gasteiger partial charge on any atom is 0.303 e. The maximum absolute atomic E-state index is 11.7. The summed E-state index contributed by atoms with van der Waals surface area (Å²) < 4.78 is 36.7. The van der Waals surface area contributed by atoms with Crippen LogP contribution in [-0.4, -0.2) is 88.9 Å². The SMILES string of the molecule is COC([C@H](OC(C)=O)[C@H](COC(C)=O)OC)[C@H](OC(C)=O)[C@@H](COC(C)=O)OC. The van der Waals surface area contributed by atoms with Crippen molar-refractivity contribution >= 4 is 23.9 Å². The topological polar surface area (TPSA) is 133 Å². The summed E-state index contributed by atoms with van der Waals surface area (Å²) in [5.41, 5.74) is 0. The molecular weight excluding hydrogens is 392 g/mol. The second-order valence-corrected chi connectivity index (χ2v) is 6.00. The number of methoxy groups -OCH3 is 3. The van der Waals surface area contributed by atoms with Crippen LogP contribution in [0.15, 0.2) is 0 Å². The first kappa shape index (κ1) is 26.8. The molecule has 0 radical (unpaired) electrons. The Kier molecular flexibility index (Phi) is 12.8. The summed E-state index contributed by atoms with van der Waals surface area (Å²) in [5.74, 6) is -2.47. The highest BCUT2D eigenvalue weighted by Crippen LogP contribution is 2.22. The molecule has 0 aromatic heterocycles. The minimum atomic E-state index is -1.15. The summed E-state index contributed by atoms with van der Waals surface area (Å²) in [7, 11) is 3.95. The van der Waals surface area contributed by atoms with Crippen LogP contribution in [0.2, 0.25) is 0 Å². The van der Waals surface area contributed by atoms with Crippen LogP contribution in [0.1, 0.15) is 27.7 Å². The monoisotopic (exact) mass is 422 g/mol. The molecule has 0 aromatic carbocycles. The minimum absolute atomic E-state index is 0.252. The molecule has 0 spiro atoms. The van der Waals surface area contributed by atoms with E-state index in [9.17, 15) is 19.2 Å². The number of rotatable bonds is 13. The van der Waals surface area contributed by atoms with E-state index >= 15 is 0 Å². The molecule has 0 saturated heterocycles. The molecule has 168 valence electrons. The van der Waals surface area contributed by atoms with Crippen molar-refractivity contribution in [3.05, 3.63) is 0 Å². The predicted octanol–water partition coefficient (Wildman–Crippen LogP) is 0.0210. The van der Waals surface area contributed by atoms with Crippen molar-refractivity contribution in [3.63, 3.8) is 0 Å². The number of ether oxygens (including phenoxy) is 7. The zero-order valence-corrected chi connectivity index (χ0v) is 17.8. The lowest BCUT2D eigenvalue weighted by atomic mass is 9.98. The smallest absolute Gasteiger partial charge is 0.303 e. The third-order valence-corrected chi connectivity index (χ3v) is 3.76. The van der Waals surface area contributed by atoms with Crippen LogP contribution in [0.4, 0.5) is 0 Å². The van der Waals surface area contributed by atoms with Gasteiger partial charge in [-0.2, -0.15) is 0 Å². The molecule has 1 unspecified atom stereocenters. The summed E-state index contributed by atoms with van der Waals surface area (Å²) in [6.07, 6.45) is -5.31. The molecule has 0 aliphatic heterocycles. The second-order valence-electron chi connectivity index (χ2n) is 6.00. The van der Waals surface area contributed by atoms with Gasteiger partial charge in [-0.25, -0.2) is 0 Å². The molecule has 0 fully saturated rings. The van der Waals surface area contributed by atoms with Gasteiger partial charge in [0.25, 0.3) is 0 Å². The van der Waals surface area contributed by atoms with E-state index in [0.29, 0.717) is 0 Å². The summed E-state index contributed by atoms with van der Waals surface area (Å²) >= 11 is 0. The van der Waals surface area contributed by atoms with E-state index in [-0.39, 0.29) is 13.2 Å². The van der Waals surface area contributed by atoms with Crippen molar-refractivity contribution in [3.8, 4) is 0 Å². The Labute approximate surface area is 169 Å². The Bertz CT molecular complexity index is 502. The van der Waals surface area contributed by atoms with Crippen LogP contribution in [-0.2, 0) is 52.3 Å². The molecule has 0 aliphatic carbocycles. The van der Waals surface area contributed by atoms with E-state index in [4.69, 9.17) is 33.2 Å². The Balaban J connectivity index is 5.93. The van der Waals surface area contributed by atoms with E-state index < -0.39 is 54.4 Å². The molecule has 11 nitrogen and oxygen atoms in total. The van der Waals surface area contributed by atoms with Gasteiger partial charge in [-0.15, -0.1) is 0 Å². The molecule has 0 aromatic rings. The lowest BCUT2D eigenvalue weighted by molar-refractivity contribution is -0.205. The van der Waals surface area contributed by atoms with Crippen LogP contribution in [0.5, 0.6) is 0 Å². The van der Waals surface area contributed by atoms with Crippen LogP contribution in [0.3, 0.4) is 0 Å². The van der Waals surface area contributed by atoms with E-state index in [2.05, 4.69) is 0 Å².